The molecule has 110 valence electrons. The number of ether oxygens (including phenoxy) is 1. The van der Waals surface area contributed by atoms with Gasteiger partial charge in [-0.25, -0.2) is 4.79 Å². The van der Waals surface area contributed by atoms with Crippen LogP contribution in [0.2, 0.25) is 0 Å². The van der Waals surface area contributed by atoms with Crippen molar-refractivity contribution in [3.8, 4) is 0 Å². The first-order valence-corrected chi connectivity index (χ1v) is 6.65. The Bertz CT molecular complexity index is 683. The molecule has 1 heterocycles. The van der Waals surface area contributed by atoms with Crippen molar-refractivity contribution >= 4 is 33.3 Å². The second-order valence-electron chi connectivity index (χ2n) is 4.03. The Kier molecular flexibility index (Phi) is 4.59. The number of benzene rings is 1. The topological polar surface area (TPSA) is 94.6 Å². The zero-order chi connectivity index (χ0) is 15.4. The van der Waals surface area contributed by atoms with E-state index in [1.54, 1.807) is 12.1 Å². The van der Waals surface area contributed by atoms with E-state index in [0.717, 1.165) is 0 Å². The van der Waals surface area contributed by atoms with Gasteiger partial charge in [-0.05, 0) is 34.1 Å². The van der Waals surface area contributed by atoms with Gasteiger partial charge in [0.05, 0.1) is 24.3 Å². The SMILES string of the molecule is COC(=O)c1ccc(CNc2cc([N+](=O)[O-])ccc2Br)o1. The predicted octanol–water partition coefficient (Wildman–Crippen LogP) is 3.35. The van der Waals surface area contributed by atoms with Crippen LogP contribution in [0.3, 0.4) is 0 Å². The van der Waals surface area contributed by atoms with Gasteiger partial charge in [0.2, 0.25) is 5.76 Å². The molecular weight excluding hydrogens is 344 g/mol. The summed E-state index contributed by atoms with van der Waals surface area (Å²) in [6.07, 6.45) is 0. The second kappa shape index (κ2) is 6.40. The van der Waals surface area contributed by atoms with Crippen molar-refractivity contribution in [2.45, 2.75) is 6.54 Å². The summed E-state index contributed by atoms with van der Waals surface area (Å²) in [6.45, 7) is 0.275. The van der Waals surface area contributed by atoms with E-state index in [9.17, 15) is 14.9 Å². The highest BCUT2D eigenvalue weighted by Gasteiger charge is 2.12. The lowest BCUT2D eigenvalue weighted by Gasteiger charge is -2.06. The molecule has 0 aliphatic heterocycles. The van der Waals surface area contributed by atoms with E-state index in [0.29, 0.717) is 15.9 Å². The fraction of sp³-hybridized carbons (Fsp3) is 0.154. The number of nitro benzene ring substituents is 1. The molecule has 8 heteroatoms. The highest BCUT2D eigenvalue weighted by molar-refractivity contribution is 9.10. The fourth-order valence-corrected chi connectivity index (χ4v) is 2.01. The van der Waals surface area contributed by atoms with Gasteiger partial charge in [0.25, 0.3) is 5.69 Å². The molecular formula is C13H11BrN2O5. The van der Waals surface area contributed by atoms with E-state index >= 15 is 0 Å². The van der Waals surface area contributed by atoms with Crippen molar-refractivity contribution in [3.63, 3.8) is 0 Å². The number of esters is 1. The van der Waals surface area contributed by atoms with Crippen LogP contribution in [0.15, 0.2) is 39.2 Å². The number of carbonyl (C=O) groups excluding carboxylic acids is 1. The van der Waals surface area contributed by atoms with Crippen molar-refractivity contribution in [2.24, 2.45) is 0 Å². The minimum Gasteiger partial charge on any atom is -0.463 e. The molecule has 1 aromatic carbocycles. The van der Waals surface area contributed by atoms with Crippen molar-refractivity contribution in [3.05, 3.63) is 56.4 Å². The van der Waals surface area contributed by atoms with Gasteiger partial charge in [0.1, 0.15) is 5.76 Å². The normalized spacial score (nSPS) is 10.2. The highest BCUT2D eigenvalue weighted by Crippen LogP contribution is 2.27. The fourth-order valence-electron chi connectivity index (χ4n) is 1.63. The minimum atomic E-state index is -0.558. The molecule has 2 rings (SSSR count). The quantitative estimate of drug-likeness (QED) is 0.502. The van der Waals surface area contributed by atoms with Crippen LogP contribution < -0.4 is 5.32 Å². The van der Waals surface area contributed by atoms with Crippen LogP contribution in [0.1, 0.15) is 16.3 Å². The maximum Gasteiger partial charge on any atom is 0.373 e. The Labute approximate surface area is 128 Å². The molecule has 0 bridgehead atoms. The third-order valence-electron chi connectivity index (χ3n) is 2.66. The van der Waals surface area contributed by atoms with Crippen molar-refractivity contribution < 1.29 is 18.9 Å². The summed E-state index contributed by atoms with van der Waals surface area (Å²) in [5.41, 5.74) is 0.538. The maximum atomic E-state index is 11.3. The van der Waals surface area contributed by atoms with E-state index in [1.165, 1.54) is 25.3 Å². The maximum absolute atomic E-state index is 11.3. The first kappa shape index (κ1) is 15.0. The molecule has 1 aromatic heterocycles. The highest BCUT2D eigenvalue weighted by atomic mass is 79.9. The summed E-state index contributed by atoms with van der Waals surface area (Å²) in [5.74, 6) is 0.0546. The Hall–Kier alpha value is -2.35. The number of hydrogen-bond acceptors (Lipinski definition) is 6. The number of hydrogen-bond donors (Lipinski definition) is 1. The van der Waals surface area contributed by atoms with Crippen LogP contribution >= 0.6 is 15.9 Å². The van der Waals surface area contributed by atoms with Gasteiger partial charge >= 0.3 is 5.97 Å². The van der Waals surface area contributed by atoms with E-state index < -0.39 is 10.9 Å². The van der Waals surface area contributed by atoms with Gasteiger partial charge < -0.3 is 14.5 Å². The van der Waals surface area contributed by atoms with Crippen molar-refractivity contribution in [2.75, 3.05) is 12.4 Å². The van der Waals surface area contributed by atoms with Gasteiger partial charge in [-0.2, -0.15) is 0 Å². The van der Waals surface area contributed by atoms with Gasteiger partial charge in [-0.15, -0.1) is 0 Å². The van der Waals surface area contributed by atoms with Crippen LogP contribution in [0, 0.1) is 10.1 Å². The predicted molar refractivity (Wildman–Crippen MR) is 78.2 cm³/mol. The number of non-ortho nitro benzene ring substituents is 1. The summed E-state index contributed by atoms with van der Waals surface area (Å²) >= 11 is 3.30. The summed E-state index contributed by atoms with van der Waals surface area (Å²) < 4.78 is 10.5. The largest absolute Gasteiger partial charge is 0.463 e. The molecule has 0 amide bonds. The molecule has 0 aliphatic carbocycles. The molecule has 2 aromatic rings. The number of halogens is 1. The van der Waals surface area contributed by atoms with E-state index in [-0.39, 0.29) is 18.0 Å². The van der Waals surface area contributed by atoms with Crippen LogP contribution in [0.4, 0.5) is 11.4 Å². The van der Waals surface area contributed by atoms with Crippen LogP contribution in [0.25, 0.3) is 0 Å². The van der Waals surface area contributed by atoms with Crippen molar-refractivity contribution in [1.82, 2.24) is 0 Å². The molecule has 0 atom stereocenters. The number of furan rings is 1. The Morgan fingerprint density at radius 1 is 1.43 bits per heavy atom. The third kappa shape index (κ3) is 3.60. The zero-order valence-electron chi connectivity index (χ0n) is 11.0. The Morgan fingerprint density at radius 2 is 2.19 bits per heavy atom. The van der Waals surface area contributed by atoms with Gasteiger partial charge in [-0.3, -0.25) is 10.1 Å². The lowest BCUT2D eigenvalue weighted by molar-refractivity contribution is -0.384. The summed E-state index contributed by atoms with van der Waals surface area (Å²) in [6, 6.07) is 7.53. The Morgan fingerprint density at radius 3 is 2.86 bits per heavy atom. The third-order valence-corrected chi connectivity index (χ3v) is 3.35. The molecule has 0 fully saturated rings. The average Bonchev–Trinajstić information content (AvgIpc) is 2.94. The number of nitrogens with zero attached hydrogens (tertiary/aromatic N) is 1. The zero-order valence-corrected chi connectivity index (χ0v) is 12.5. The average molecular weight is 355 g/mol. The molecule has 21 heavy (non-hydrogen) atoms. The van der Waals surface area contributed by atoms with Crippen LogP contribution in [-0.4, -0.2) is 18.0 Å². The van der Waals surface area contributed by atoms with Crippen LogP contribution in [-0.2, 0) is 11.3 Å². The number of rotatable bonds is 5. The summed E-state index contributed by atoms with van der Waals surface area (Å²) in [5, 5.41) is 13.7. The summed E-state index contributed by atoms with van der Waals surface area (Å²) in [4.78, 5) is 21.5. The minimum absolute atomic E-state index is 0.0182. The molecule has 0 aliphatic rings. The van der Waals surface area contributed by atoms with Crippen LogP contribution in [0.5, 0.6) is 0 Å². The number of methoxy groups -OCH3 is 1. The number of anilines is 1. The molecule has 0 saturated heterocycles. The van der Waals surface area contributed by atoms with Gasteiger partial charge in [0.15, 0.2) is 0 Å². The molecule has 0 unspecified atom stereocenters. The summed E-state index contributed by atoms with van der Waals surface area (Å²) in [7, 11) is 1.27. The standard InChI is InChI=1S/C13H11BrN2O5/c1-20-13(17)12-5-3-9(21-12)7-15-11-6-8(16(18)19)2-4-10(11)14/h2-6,15H,7H2,1H3. The van der Waals surface area contributed by atoms with E-state index in [4.69, 9.17) is 4.42 Å². The smallest absolute Gasteiger partial charge is 0.373 e. The van der Waals surface area contributed by atoms with Crippen molar-refractivity contribution in [1.29, 1.82) is 0 Å². The van der Waals surface area contributed by atoms with E-state index in [2.05, 4.69) is 26.0 Å². The molecule has 0 spiro atoms. The lowest BCUT2D eigenvalue weighted by Crippen LogP contribution is -2.01. The molecule has 1 N–H and O–H groups in total. The Balaban J connectivity index is 2.09. The second-order valence-corrected chi connectivity index (χ2v) is 4.89. The monoisotopic (exact) mass is 354 g/mol. The van der Waals surface area contributed by atoms with E-state index in [1.807, 2.05) is 0 Å². The van der Waals surface area contributed by atoms with Gasteiger partial charge in [0, 0.05) is 16.6 Å². The van der Waals surface area contributed by atoms with Gasteiger partial charge in [-0.1, -0.05) is 0 Å². The molecule has 0 saturated carbocycles. The molecule has 0 radical (unpaired) electrons. The number of carbonyl (C=O) groups is 1. The lowest BCUT2D eigenvalue weighted by atomic mass is 10.3. The first-order valence-electron chi connectivity index (χ1n) is 5.86. The number of nitro groups is 1. The number of nitrogens with one attached hydrogen (secondary N) is 1. The molecule has 7 nitrogen and oxygen atoms in total. The first-order chi connectivity index (χ1) is 10.0.